The number of hydrogen-bond acceptors (Lipinski definition) is 3. The van der Waals surface area contributed by atoms with Crippen molar-refractivity contribution in [1.82, 2.24) is 0 Å². The summed E-state index contributed by atoms with van der Waals surface area (Å²) in [5.74, 6) is -0.164. The van der Waals surface area contributed by atoms with E-state index >= 15 is 0 Å². The summed E-state index contributed by atoms with van der Waals surface area (Å²) < 4.78 is 5.33. The molecule has 4 heteroatoms. The molecule has 0 heterocycles. The molecule has 0 radical (unpaired) electrons. The Labute approximate surface area is 95.2 Å². The Morgan fingerprint density at radius 1 is 1.50 bits per heavy atom. The lowest BCUT2D eigenvalue weighted by molar-refractivity contribution is -0.141. The summed E-state index contributed by atoms with van der Waals surface area (Å²) in [7, 11) is 0. The van der Waals surface area contributed by atoms with Gasteiger partial charge in [0, 0.05) is 11.8 Å². The average Bonchev–Trinajstić information content (AvgIpc) is 2.17. The fourth-order valence-electron chi connectivity index (χ4n) is 1.24. The van der Waals surface area contributed by atoms with Gasteiger partial charge >= 0.3 is 5.97 Å². The molecule has 0 fully saturated rings. The normalized spacial score (nSPS) is 10.9. The first kappa shape index (κ1) is 12.4. The molecular weight excluding hydrogens is 206 g/mol. The van der Waals surface area contributed by atoms with Crippen molar-refractivity contribution in [2.75, 3.05) is 11.9 Å². The molecule has 1 rings (SSSR count). The Morgan fingerprint density at radius 2 is 2.19 bits per heavy atom. The molecule has 0 bridgehead atoms. The van der Waals surface area contributed by atoms with E-state index in [1.807, 2.05) is 25.1 Å². The van der Waals surface area contributed by atoms with E-state index in [0.29, 0.717) is 6.61 Å². The average molecular weight is 223 g/mol. The maximum Gasteiger partial charge on any atom is 0.328 e. The Bertz CT molecular complexity index is 374. The zero-order valence-electron chi connectivity index (χ0n) is 9.78. The summed E-state index contributed by atoms with van der Waals surface area (Å²) in [6, 6.07) is 7.26. The van der Waals surface area contributed by atoms with Crippen molar-refractivity contribution >= 4 is 11.7 Å². The van der Waals surface area contributed by atoms with Crippen LogP contribution in [0.3, 0.4) is 0 Å². The van der Waals surface area contributed by atoms with Crippen LogP contribution in [0.2, 0.25) is 0 Å². The molecule has 0 aliphatic rings. The molecule has 0 aliphatic heterocycles. The highest BCUT2D eigenvalue weighted by Gasteiger charge is 2.26. The van der Waals surface area contributed by atoms with Gasteiger partial charge in [-0.2, -0.15) is 0 Å². The molecule has 16 heavy (non-hydrogen) atoms. The van der Waals surface area contributed by atoms with Gasteiger partial charge in [0.25, 0.3) is 0 Å². The fourth-order valence-corrected chi connectivity index (χ4v) is 1.24. The van der Waals surface area contributed by atoms with Gasteiger partial charge in [-0.05, 0) is 32.9 Å². The second-order valence-electron chi connectivity index (χ2n) is 4.02. The molecule has 0 unspecified atom stereocenters. The van der Waals surface area contributed by atoms with Crippen molar-refractivity contribution in [3.63, 3.8) is 0 Å². The largest absolute Gasteiger partial charge is 0.494 e. The Balaban J connectivity index is 2.81. The lowest BCUT2D eigenvalue weighted by Gasteiger charge is -2.22. The first-order chi connectivity index (χ1) is 7.45. The highest BCUT2D eigenvalue weighted by molar-refractivity contribution is 5.81. The van der Waals surface area contributed by atoms with Gasteiger partial charge in [0.05, 0.1) is 6.61 Å². The predicted molar refractivity (Wildman–Crippen MR) is 62.9 cm³/mol. The molecule has 4 nitrogen and oxygen atoms in total. The number of aliphatic carboxylic acids is 1. The number of carboxylic acids is 1. The minimum Gasteiger partial charge on any atom is -0.494 e. The van der Waals surface area contributed by atoms with Crippen molar-refractivity contribution in [1.29, 1.82) is 0 Å². The second-order valence-corrected chi connectivity index (χ2v) is 4.02. The van der Waals surface area contributed by atoms with E-state index in [0.717, 1.165) is 11.4 Å². The van der Waals surface area contributed by atoms with Gasteiger partial charge in [-0.1, -0.05) is 6.07 Å². The van der Waals surface area contributed by atoms with Gasteiger partial charge in [-0.25, -0.2) is 4.79 Å². The minimum absolute atomic E-state index is 0.589. The molecule has 88 valence electrons. The predicted octanol–water partition coefficient (Wildman–Crippen LogP) is 2.36. The van der Waals surface area contributed by atoms with Crippen LogP contribution >= 0.6 is 0 Å². The van der Waals surface area contributed by atoms with Crippen LogP contribution in [0.15, 0.2) is 24.3 Å². The van der Waals surface area contributed by atoms with Crippen molar-refractivity contribution in [2.24, 2.45) is 0 Å². The quantitative estimate of drug-likeness (QED) is 0.804. The number of rotatable bonds is 5. The standard InChI is InChI=1S/C12H17NO3/c1-4-16-10-7-5-6-9(8-10)13-12(2,3)11(14)15/h5-8,13H,4H2,1-3H3,(H,14,15). The van der Waals surface area contributed by atoms with Crippen LogP contribution in [0.4, 0.5) is 5.69 Å². The number of hydrogen-bond donors (Lipinski definition) is 2. The van der Waals surface area contributed by atoms with Crippen molar-refractivity contribution in [3.05, 3.63) is 24.3 Å². The Hall–Kier alpha value is -1.71. The van der Waals surface area contributed by atoms with E-state index in [4.69, 9.17) is 9.84 Å². The molecule has 0 saturated carbocycles. The van der Waals surface area contributed by atoms with Gasteiger partial charge in [-0.15, -0.1) is 0 Å². The van der Waals surface area contributed by atoms with Crippen LogP contribution in [0.1, 0.15) is 20.8 Å². The SMILES string of the molecule is CCOc1cccc(NC(C)(C)C(=O)O)c1. The second kappa shape index (κ2) is 4.88. The zero-order valence-corrected chi connectivity index (χ0v) is 9.78. The Morgan fingerprint density at radius 3 is 2.75 bits per heavy atom. The first-order valence-corrected chi connectivity index (χ1v) is 5.20. The summed E-state index contributed by atoms with van der Waals surface area (Å²) in [6.07, 6.45) is 0. The van der Waals surface area contributed by atoms with Crippen molar-refractivity contribution in [3.8, 4) is 5.75 Å². The van der Waals surface area contributed by atoms with E-state index in [2.05, 4.69) is 5.32 Å². The van der Waals surface area contributed by atoms with Gasteiger partial charge < -0.3 is 15.2 Å². The molecular formula is C12H17NO3. The van der Waals surface area contributed by atoms with E-state index in [1.165, 1.54) is 0 Å². The molecule has 1 aromatic carbocycles. The number of nitrogens with one attached hydrogen (secondary N) is 1. The molecule has 0 amide bonds. The monoisotopic (exact) mass is 223 g/mol. The first-order valence-electron chi connectivity index (χ1n) is 5.20. The van der Waals surface area contributed by atoms with Crippen molar-refractivity contribution in [2.45, 2.75) is 26.3 Å². The van der Waals surface area contributed by atoms with E-state index in [-0.39, 0.29) is 0 Å². The van der Waals surface area contributed by atoms with Gasteiger partial charge in [0.1, 0.15) is 11.3 Å². The Kier molecular flexibility index (Phi) is 3.77. The van der Waals surface area contributed by atoms with Gasteiger partial charge in [0.2, 0.25) is 0 Å². The van der Waals surface area contributed by atoms with Crippen LogP contribution in [0.5, 0.6) is 5.75 Å². The summed E-state index contributed by atoms with van der Waals surface area (Å²) in [5.41, 5.74) is -0.261. The number of carboxylic acid groups (broad SMARTS) is 1. The summed E-state index contributed by atoms with van der Waals surface area (Å²) in [6.45, 7) is 5.72. The summed E-state index contributed by atoms with van der Waals surface area (Å²) in [5, 5.41) is 11.9. The maximum absolute atomic E-state index is 10.9. The smallest absolute Gasteiger partial charge is 0.328 e. The molecule has 0 saturated heterocycles. The maximum atomic E-state index is 10.9. The van der Waals surface area contributed by atoms with Crippen LogP contribution in [-0.4, -0.2) is 23.2 Å². The van der Waals surface area contributed by atoms with Crippen LogP contribution in [-0.2, 0) is 4.79 Å². The number of anilines is 1. The van der Waals surface area contributed by atoms with Crippen LogP contribution < -0.4 is 10.1 Å². The van der Waals surface area contributed by atoms with Crippen LogP contribution in [0.25, 0.3) is 0 Å². The summed E-state index contributed by atoms with van der Waals surface area (Å²) in [4.78, 5) is 10.9. The highest BCUT2D eigenvalue weighted by atomic mass is 16.5. The highest BCUT2D eigenvalue weighted by Crippen LogP contribution is 2.20. The fraction of sp³-hybridized carbons (Fsp3) is 0.417. The lowest BCUT2D eigenvalue weighted by atomic mass is 10.1. The molecule has 0 atom stereocenters. The van der Waals surface area contributed by atoms with Crippen molar-refractivity contribution < 1.29 is 14.6 Å². The van der Waals surface area contributed by atoms with Gasteiger partial charge in [-0.3, -0.25) is 0 Å². The van der Waals surface area contributed by atoms with E-state index in [9.17, 15) is 4.79 Å². The molecule has 2 N–H and O–H groups in total. The van der Waals surface area contributed by atoms with E-state index in [1.54, 1.807) is 19.9 Å². The van der Waals surface area contributed by atoms with Crippen LogP contribution in [0, 0.1) is 0 Å². The topological polar surface area (TPSA) is 58.6 Å². The third kappa shape index (κ3) is 3.15. The minimum atomic E-state index is -0.995. The number of ether oxygens (including phenoxy) is 1. The third-order valence-corrected chi connectivity index (χ3v) is 2.14. The zero-order chi connectivity index (χ0) is 12.2. The molecule has 0 aromatic heterocycles. The number of benzene rings is 1. The lowest BCUT2D eigenvalue weighted by Crippen LogP contribution is -2.39. The van der Waals surface area contributed by atoms with Gasteiger partial charge in [0.15, 0.2) is 0 Å². The molecule has 0 aliphatic carbocycles. The molecule has 1 aromatic rings. The third-order valence-electron chi connectivity index (χ3n) is 2.14. The van der Waals surface area contributed by atoms with E-state index < -0.39 is 11.5 Å². The molecule has 0 spiro atoms. The summed E-state index contributed by atoms with van der Waals surface area (Å²) >= 11 is 0. The number of carbonyl (C=O) groups is 1.